The van der Waals surface area contributed by atoms with Gasteiger partial charge in [-0.05, 0) is 29.8 Å². The van der Waals surface area contributed by atoms with Gasteiger partial charge in [0.1, 0.15) is 5.82 Å². The van der Waals surface area contributed by atoms with Crippen molar-refractivity contribution in [2.45, 2.75) is 6.18 Å². The van der Waals surface area contributed by atoms with Gasteiger partial charge in [0.15, 0.2) is 0 Å². The summed E-state index contributed by atoms with van der Waals surface area (Å²) >= 11 is 0. The molecule has 0 spiro atoms. The number of amides is 1. The second-order valence-corrected chi connectivity index (χ2v) is 4.56. The van der Waals surface area contributed by atoms with Crippen LogP contribution < -0.4 is 5.73 Å². The Morgan fingerprint density at radius 1 is 1.05 bits per heavy atom. The SMILES string of the molecule is NC(=O)c1cccc(C=Cc2ccc(C(F)(F)F)cc2F)c1. The van der Waals surface area contributed by atoms with Crippen LogP contribution in [0.2, 0.25) is 0 Å². The first kappa shape index (κ1) is 15.8. The summed E-state index contributed by atoms with van der Waals surface area (Å²) in [5.74, 6) is -1.58. The number of carbonyl (C=O) groups excluding carboxylic acids is 1. The van der Waals surface area contributed by atoms with Crippen LogP contribution in [-0.4, -0.2) is 5.91 Å². The fourth-order valence-corrected chi connectivity index (χ4v) is 1.82. The summed E-state index contributed by atoms with van der Waals surface area (Å²) in [6.07, 6.45) is -1.77. The van der Waals surface area contributed by atoms with Crippen LogP contribution in [0.25, 0.3) is 12.2 Å². The minimum atomic E-state index is -4.58. The normalized spacial score (nSPS) is 11.8. The van der Waals surface area contributed by atoms with Crippen LogP contribution in [0.5, 0.6) is 0 Å². The summed E-state index contributed by atoms with van der Waals surface area (Å²) in [5, 5.41) is 0. The van der Waals surface area contributed by atoms with Gasteiger partial charge in [-0.1, -0.05) is 30.4 Å². The summed E-state index contributed by atoms with van der Waals surface area (Å²) in [6.45, 7) is 0. The highest BCUT2D eigenvalue weighted by Gasteiger charge is 2.30. The molecule has 0 aliphatic rings. The maximum absolute atomic E-state index is 13.7. The van der Waals surface area contributed by atoms with Crippen molar-refractivity contribution >= 4 is 18.1 Å². The van der Waals surface area contributed by atoms with Gasteiger partial charge in [-0.15, -0.1) is 0 Å². The van der Waals surface area contributed by atoms with E-state index >= 15 is 0 Å². The molecule has 0 aromatic heterocycles. The maximum Gasteiger partial charge on any atom is 0.416 e. The van der Waals surface area contributed by atoms with Crippen molar-refractivity contribution in [3.8, 4) is 0 Å². The zero-order valence-electron chi connectivity index (χ0n) is 11.2. The van der Waals surface area contributed by atoms with Gasteiger partial charge >= 0.3 is 6.18 Å². The summed E-state index contributed by atoms with van der Waals surface area (Å²) < 4.78 is 51.0. The smallest absolute Gasteiger partial charge is 0.366 e. The Bertz CT molecular complexity index is 735. The molecule has 0 fully saturated rings. The van der Waals surface area contributed by atoms with Crippen LogP contribution in [0.3, 0.4) is 0 Å². The number of carbonyl (C=O) groups is 1. The summed E-state index contributed by atoms with van der Waals surface area (Å²) in [4.78, 5) is 11.0. The van der Waals surface area contributed by atoms with Crippen LogP contribution in [0.4, 0.5) is 17.6 Å². The third-order valence-electron chi connectivity index (χ3n) is 2.95. The van der Waals surface area contributed by atoms with E-state index in [1.807, 2.05) is 0 Å². The lowest BCUT2D eigenvalue weighted by Crippen LogP contribution is -2.10. The van der Waals surface area contributed by atoms with Crippen molar-refractivity contribution in [2.24, 2.45) is 5.73 Å². The number of alkyl halides is 3. The van der Waals surface area contributed by atoms with Gasteiger partial charge in [0.05, 0.1) is 5.56 Å². The summed E-state index contributed by atoms with van der Waals surface area (Å²) in [7, 11) is 0. The van der Waals surface area contributed by atoms with Crippen LogP contribution in [-0.2, 0) is 6.18 Å². The Balaban J connectivity index is 2.27. The minimum Gasteiger partial charge on any atom is -0.366 e. The van der Waals surface area contributed by atoms with E-state index in [9.17, 15) is 22.4 Å². The average Bonchev–Trinajstić information content (AvgIpc) is 2.45. The highest BCUT2D eigenvalue weighted by atomic mass is 19.4. The van der Waals surface area contributed by atoms with Gasteiger partial charge < -0.3 is 5.73 Å². The molecule has 1 amide bonds. The third kappa shape index (κ3) is 3.72. The van der Waals surface area contributed by atoms with E-state index in [1.165, 1.54) is 24.3 Å². The zero-order valence-corrected chi connectivity index (χ0v) is 11.2. The van der Waals surface area contributed by atoms with E-state index in [0.29, 0.717) is 11.6 Å². The lowest BCUT2D eigenvalue weighted by molar-refractivity contribution is -0.137. The predicted octanol–water partition coefficient (Wildman–Crippen LogP) is 4.11. The monoisotopic (exact) mass is 309 g/mol. The van der Waals surface area contributed by atoms with Crippen LogP contribution >= 0.6 is 0 Å². The van der Waals surface area contributed by atoms with Crippen LogP contribution in [0.15, 0.2) is 42.5 Å². The van der Waals surface area contributed by atoms with E-state index in [0.717, 1.165) is 12.1 Å². The first-order valence-corrected chi connectivity index (χ1v) is 6.22. The molecule has 0 heterocycles. The quantitative estimate of drug-likeness (QED) is 0.673. The number of hydrogen-bond donors (Lipinski definition) is 1. The number of rotatable bonds is 3. The molecule has 2 aromatic carbocycles. The molecule has 0 aliphatic carbocycles. The number of hydrogen-bond acceptors (Lipinski definition) is 1. The van der Waals surface area contributed by atoms with E-state index < -0.39 is 23.5 Å². The van der Waals surface area contributed by atoms with Crippen LogP contribution in [0, 0.1) is 5.82 Å². The van der Waals surface area contributed by atoms with Crippen molar-refractivity contribution < 1.29 is 22.4 Å². The summed E-state index contributed by atoms with van der Waals surface area (Å²) in [6, 6.07) is 8.59. The number of halogens is 4. The molecule has 0 saturated carbocycles. The van der Waals surface area contributed by atoms with Gasteiger partial charge in [-0.3, -0.25) is 4.79 Å². The van der Waals surface area contributed by atoms with E-state index in [-0.39, 0.29) is 11.1 Å². The first-order valence-electron chi connectivity index (χ1n) is 6.22. The highest BCUT2D eigenvalue weighted by Crippen LogP contribution is 2.30. The number of benzene rings is 2. The Kier molecular flexibility index (Phi) is 4.30. The molecule has 0 radical (unpaired) electrons. The van der Waals surface area contributed by atoms with Gasteiger partial charge in [-0.25, -0.2) is 4.39 Å². The van der Waals surface area contributed by atoms with Gasteiger partial charge in [0, 0.05) is 11.1 Å². The lowest BCUT2D eigenvalue weighted by Gasteiger charge is -2.07. The fraction of sp³-hybridized carbons (Fsp3) is 0.0625. The molecule has 0 unspecified atom stereocenters. The van der Waals surface area contributed by atoms with E-state index in [1.54, 1.807) is 12.1 Å². The lowest BCUT2D eigenvalue weighted by atomic mass is 10.1. The molecule has 0 atom stereocenters. The van der Waals surface area contributed by atoms with Gasteiger partial charge in [0.2, 0.25) is 5.91 Å². The predicted molar refractivity (Wildman–Crippen MR) is 75.3 cm³/mol. The van der Waals surface area contributed by atoms with Gasteiger partial charge in [-0.2, -0.15) is 13.2 Å². The van der Waals surface area contributed by atoms with Crippen molar-refractivity contribution in [3.63, 3.8) is 0 Å². The topological polar surface area (TPSA) is 43.1 Å². The Morgan fingerprint density at radius 3 is 2.36 bits per heavy atom. The summed E-state index contributed by atoms with van der Waals surface area (Å²) in [5.41, 5.74) is 4.98. The Hall–Kier alpha value is -2.63. The largest absolute Gasteiger partial charge is 0.416 e. The first-order chi connectivity index (χ1) is 10.3. The Morgan fingerprint density at radius 2 is 1.77 bits per heavy atom. The van der Waals surface area contributed by atoms with E-state index in [4.69, 9.17) is 5.73 Å². The van der Waals surface area contributed by atoms with Crippen molar-refractivity contribution in [2.75, 3.05) is 0 Å². The molecule has 22 heavy (non-hydrogen) atoms. The van der Waals surface area contributed by atoms with E-state index in [2.05, 4.69) is 0 Å². The third-order valence-corrected chi connectivity index (χ3v) is 2.95. The molecule has 0 aliphatic heterocycles. The molecule has 2 aromatic rings. The van der Waals surface area contributed by atoms with Crippen LogP contribution in [0.1, 0.15) is 27.0 Å². The van der Waals surface area contributed by atoms with Crippen molar-refractivity contribution in [3.05, 3.63) is 70.5 Å². The number of primary amides is 1. The molecule has 0 bridgehead atoms. The molecule has 2 N–H and O–H groups in total. The van der Waals surface area contributed by atoms with Gasteiger partial charge in [0.25, 0.3) is 0 Å². The molecule has 2 rings (SSSR count). The molecule has 114 valence electrons. The molecule has 0 saturated heterocycles. The average molecular weight is 309 g/mol. The van der Waals surface area contributed by atoms with Crippen molar-refractivity contribution in [1.82, 2.24) is 0 Å². The second kappa shape index (κ2) is 6.01. The zero-order chi connectivity index (χ0) is 16.3. The Labute approximate surface area is 123 Å². The van der Waals surface area contributed by atoms with Crippen molar-refractivity contribution in [1.29, 1.82) is 0 Å². The molecule has 6 heteroatoms. The minimum absolute atomic E-state index is 0.0116. The molecular formula is C16H11F4NO. The number of nitrogens with two attached hydrogens (primary N) is 1. The molecular weight excluding hydrogens is 298 g/mol. The standard InChI is InChI=1S/C16H11F4NO/c17-14-9-13(16(18,19)20)7-6-11(14)5-4-10-2-1-3-12(8-10)15(21)22/h1-9H,(H2,21,22). The second-order valence-electron chi connectivity index (χ2n) is 4.56. The highest BCUT2D eigenvalue weighted by molar-refractivity contribution is 5.93. The maximum atomic E-state index is 13.7. The molecule has 2 nitrogen and oxygen atoms in total. The fourth-order valence-electron chi connectivity index (χ4n) is 1.82.